The molecule has 0 bridgehead atoms. The van der Waals surface area contributed by atoms with Crippen molar-refractivity contribution in [1.29, 1.82) is 0 Å². The quantitative estimate of drug-likeness (QED) is 0.922. The molecule has 0 saturated heterocycles. The predicted molar refractivity (Wildman–Crippen MR) is 78.0 cm³/mol. The molecule has 0 spiro atoms. The SMILES string of the molecule is Cc1cc(F)ccc1NCc1ccc(S(=O)(=O)N(C)C)o1. The molecule has 0 atom stereocenters. The maximum Gasteiger partial charge on any atom is 0.275 e. The van der Waals surface area contributed by atoms with E-state index < -0.39 is 10.0 Å². The number of benzene rings is 1. The van der Waals surface area contributed by atoms with E-state index in [2.05, 4.69) is 5.32 Å². The number of rotatable bonds is 5. The van der Waals surface area contributed by atoms with Crippen molar-refractivity contribution < 1.29 is 17.2 Å². The highest BCUT2D eigenvalue weighted by atomic mass is 32.2. The lowest BCUT2D eigenvalue weighted by molar-refractivity contribution is 0.402. The molecule has 1 aromatic heterocycles. The van der Waals surface area contributed by atoms with Crippen LogP contribution >= 0.6 is 0 Å². The number of hydrogen-bond acceptors (Lipinski definition) is 4. The molecule has 0 fully saturated rings. The minimum absolute atomic E-state index is 0.0971. The molecule has 5 nitrogen and oxygen atoms in total. The van der Waals surface area contributed by atoms with E-state index in [-0.39, 0.29) is 10.9 Å². The van der Waals surface area contributed by atoms with Crippen LogP contribution in [0.15, 0.2) is 39.8 Å². The number of nitrogens with zero attached hydrogens (tertiary/aromatic N) is 1. The summed E-state index contributed by atoms with van der Waals surface area (Å²) in [6.45, 7) is 2.10. The van der Waals surface area contributed by atoms with E-state index in [1.807, 2.05) is 0 Å². The van der Waals surface area contributed by atoms with Crippen molar-refractivity contribution in [2.24, 2.45) is 0 Å². The Morgan fingerprint density at radius 1 is 1.24 bits per heavy atom. The van der Waals surface area contributed by atoms with Crippen LogP contribution in [-0.2, 0) is 16.6 Å². The van der Waals surface area contributed by atoms with Gasteiger partial charge in [-0.15, -0.1) is 0 Å². The Kier molecular flexibility index (Phi) is 4.34. The molecule has 21 heavy (non-hydrogen) atoms. The monoisotopic (exact) mass is 312 g/mol. The van der Waals surface area contributed by atoms with E-state index in [4.69, 9.17) is 4.42 Å². The summed E-state index contributed by atoms with van der Waals surface area (Å²) in [5, 5.41) is 2.98. The molecule has 0 amide bonds. The van der Waals surface area contributed by atoms with Gasteiger partial charge >= 0.3 is 0 Å². The van der Waals surface area contributed by atoms with Gasteiger partial charge in [0.1, 0.15) is 11.6 Å². The van der Waals surface area contributed by atoms with Crippen molar-refractivity contribution in [3.8, 4) is 0 Å². The molecule has 0 saturated carbocycles. The Morgan fingerprint density at radius 3 is 2.57 bits per heavy atom. The van der Waals surface area contributed by atoms with E-state index in [1.54, 1.807) is 19.1 Å². The highest BCUT2D eigenvalue weighted by molar-refractivity contribution is 7.88. The second-order valence-corrected chi connectivity index (χ2v) is 6.90. The van der Waals surface area contributed by atoms with Gasteiger partial charge in [-0.1, -0.05) is 0 Å². The van der Waals surface area contributed by atoms with Crippen LogP contribution in [0.3, 0.4) is 0 Å². The molecule has 0 aliphatic heterocycles. The van der Waals surface area contributed by atoms with Crippen LogP contribution in [0.4, 0.5) is 10.1 Å². The summed E-state index contributed by atoms with van der Waals surface area (Å²) in [4.78, 5) is 0. The van der Waals surface area contributed by atoms with Gasteiger partial charge in [-0.05, 0) is 42.8 Å². The van der Waals surface area contributed by atoms with Gasteiger partial charge in [0.05, 0.1) is 6.54 Å². The lowest BCUT2D eigenvalue weighted by atomic mass is 10.2. The summed E-state index contributed by atoms with van der Waals surface area (Å²) < 4.78 is 43.2. The fourth-order valence-electron chi connectivity index (χ4n) is 1.78. The van der Waals surface area contributed by atoms with Crippen LogP contribution in [0.5, 0.6) is 0 Å². The molecule has 0 radical (unpaired) electrons. The van der Waals surface area contributed by atoms with Gasteiger partial charge in [-0.3, -0.25) is 0 Å². The summed E-state index contributed by atoms with van der Waals surface area (Å²) in [5.41, 5.74) is 1.53. The fraction of sp³-hybridized carbons (Fsp3) is 0.286. The lowest BCUT2D eigenvalue weighted by Gasteiger charge is -2.09. The molecule has 2 rings (SSSR count). The van der Waals surface area contributed by atoms with Crippen molar-refractivity contribution in [2.75, 3.05) is 19.4 Å². The van der Waals surface area contributed by atoms with Gasteiger partial charge in [-0.2, -0.15) is 0 Å². The Labute approximate surface area is 123 Å². The topological polar surface area (TPSA) is 62.6 Å². The van der Waals surface area contributed by atoms with Gasteiger partial charge in [0.25, 0.3) is 10.0 Å². The Bertz CT molecular complexity index is 738. The smallest absolute Gasteiger partial charge is 0.275 e. The van der Waals surface area contributed by atoms with Crippen molar-refractivity contribution in [1.82, 2.24) is 4.31 Å². The first-order valence-corrected chi connectivity index (χ1v) is 7.76. The number of sulfonamides is 1. The van der Waals surface area contributed by atoms with Crippen molar-refractivity contribution in [3.63, 3.8) is 0 Å². The van der Waals surface area contributed by atoms with E-state index in [1.165, 1.54) is 32.3 Å². The van der Waals surface area contributed by atoms with Gasteiger partial charge in [0.15, 0.2) is 0 Å². The first-order chi connectivity index (χ1) is 9.80. The van der Waals surface area contributed by atoms with Crippen LogP contribution in [0.25, 0.3) is 0 Å². The molecule has 2 aromatic rings. The van der Waals surface area contributed by atoms with Crippen molar-refractivity contribution >= 4 is 15.7 Å². The third-order valence-corrected chi connectivity index (χ3v) is 4.70. The fourth-order valence-corrected chi connectivity index (χ4v) is 2.59. The standard InChI is InChI=1S/C14H17FN2O3S/c1-10-8-11(15)4-6-13(10)16-9-12-5-7-14(20-12)21(18,19)17(2)3/h4-8,16H,9H2,1-3H3. The molecular weight excluding hydrogens is 295 g/mol. The molecule has 1 aromatic carbocycles. The Hall–Kier alpha value is -1.86. The van der Waals surface area contributed by atoms with E-state index in [0.717, 1.165) is 15.6 Å². The van der Waals surface area contributed by atoms with E-state index in [0.29, 0.717) is 12.3 Å². The normalized spacial score (nSPS) is 11.9. The molecule has 0 aliphatic carbocycles. The van der Waals surface area contributed by atoms with Gasteiger partial charge in [0, 0.05) is 19.8 Å². The summed E-state index contributed by atoms with van der Waals surface area (Å²) in [6.07, 6.45) is 0. The summed E-state index contributed by atoms with van der Waals surface area (Å²) in [6, 6.07) is 7.43. The third-order valence-electron chi connectivity index (χ3n) is 3.01. The number of aryl methyl sites for hydroxylation is 1. The number of halogens is 1. The van der Waals surface area contributed by atoms with Gasteiger partial charge in [0.2, 0.25) is 5.09 Å². The second-order valence-electron chi connectivity index (χ2n) is 4.82. The van der Waals surface area contributed by atoms with Gasteiger partial charge in [-0.25, -0.2) is 17.1 Å². The second kappa shape index (κ2) is 5.87. The lowest BCUT2D eigenvalue weighted by Crippen LogP contribution is -2.21. The van der Waals surface area contributed by atoms with Crippen molar-refractivity contribution in [2.45, 2.75) is 18.6 Å². The number of anilines is 1. The van der Waals surface area contributed by atoms with E-state index in [9.17, 15) is 12.8 Å². The number of furan rings is 1. The first-order valence-electron chi connectivity index (χ1n) is 6.32. The number of nitrogens with one attached hydrogen (secondary N) is 1. The highest BCUT2D eigenvalue weighted by Crippen LogP contribution is 2.20. The molecular formula is C14H17FN2O3S. The van der Waals surface area contributed by atoms with Crippen LogP contribution in [0, 0.1) is 12.7 Å². The average Bonchev–Trinajstić information content (AvgIpc) is 2.87. The van der Waals surface area contributed by atoms with Crippen LogP contribution in [0.2, 0.25) is 0 Å². The number of hydrogen-bond donors (Lipinski definition) is 1. The maximum atomic E-state index is 13.0. The molecule has 114 valence electrons. The maximum absolute atomic E-state index is 13.0. The molecule has 0 unspecified atom stereocenters. The Balaban J connectivity index is 2.10. The largest absolute Gasteiger partial charge is 0.446 e. The third kappa shape index (κ3) is 3.43. The van der Waals surface area contributed by atoms with Crippen molar-refractivity contribution in [3.05, 3.63) is 47.5 Å². The Morgan fingerprint density at radius 2 is 1.95 bits per heavy atom. The average molecular weight is 312 g/mol. The van der Waals surface area contributed by atoms with E-state index >= 15 is 0 Å². The molecule has 7 heteroatoms. The summed E-state index contributed by atoms with van der Waals surface area (Å²) in [7, 11) is -0.679. The highest BCUT2D eigenvalue weighted by Gasteiger charge is 2.21. The summed E-state index contributed by atoms with van der Waals surface area (Å²) >= 11 is 0. The molecule has 1 heterocycles. The van der Waals surface area contributed by atoms with Crippen LogP contribution < -0.4 is 5.32 Å². The summed E-state index contributed by atoms with van der Waals surface area (Å²) in [5.74, 6) is 0.189. The molecule has 0 aliphatic rings. The van der Waals surface area contributed by atoms with Gasteiger partial charge < -0.3 is 9.73 Å². The predicted octanol–water partition coefficient (Wildman–Crippen LogP) is 2.59. The minimum atomic E-state index is -3.56. The zero-order valence-corrected chi connectivity index (χ0v) is 12.9. The minimum Gasteiger partial charge on any atom is -0.446 e. The zero-order chi connectivity index (χ0) is 15.6. The van der Waals surface area contributed by atoms with Crippen LogP contribution in [-0.4, -0.2) is 26.8 Å². The van der Waals surface area contributed by atoms with Crippen LogP contribution in [0.1, 0.15) is 11.3 Å². The first kappa shape index (κ1) is 15.5. The molecule has 1 N–H and O–H groups in total. The zero-order valence-electron chi connectivity index (χ0n) is 12.1.